The second-order valence-corrected chi connectivity index (χ2v) is 10.2. The third kappa shape index (κ3) is 6.55. The van der Waals surface area contributed by atoms with Gasteiger partial charge in [0.25, 0.3) is 16.0 Å². The Kier molecular flexibility index (Phi) is 10.0. The Morgan fingerprint density at radius 3 is 2.46 bits per heavy atom. The fourth-order valence-corrected chi connectivity index (χ4v) is 4.97. The van der Waals surface area contributed by atoms with Crippen molar-refractivity contribution >= 4 is 67.1 Å². The molecular formula is C26H20Cl2N3NaO6S. The number of ether oxygens (including phenoxy) is 1. The quantitative estimate of drug-likeness (QED) is 0.189. The van der Waals surface area contributed by atoms with Crippen molar-refractivity contribution in [3.63, 3.8) is 0 Å². The summed E-state index contributed by atoms with van der Waals surface area (Å²) in [6.07, 6.45) is 0. The van der Waals surface area contributed by atoms with Gasteiger partial charge in [0.2, 0.25) is 0 Å². The Morgan fingerprint density at radius 2 is 1.77 bits per heavy atom. The van der Waals surface area contributed by atoms with E-state index in [0.29, 0.717) is 23.1 Å². The number of nitrogens with one attached hydrogen (secondary N) is 1. The van der Waals surface area contributed by atoms with Crippen LogP contribution in [0, 0.1) is 6.92 Å². The number of carbonyl (C=O) groups is 1. The molecule has 4 aromatic carbocycles. The average molecular weight is 596 g/mol. The summed E-state index contributed by atoms with van der Waals surface area (Å²) in [4.78, 5) is 12.8. The second kappa shape index (κ2) is 12.6. The molecule has 0 saturated heterocycles. The van der Waals surface area contributed by atoms with Crippen LogP contribution in [-0.4, -0.2) is 25.5 Å². The first-order chi connectivity index (χ1) is 18.0. The number of amides is 1. The molecule has 0 aliphatic heterocycles. The van der Waals surface area contributed by atoms with Gasteiger partial charge >= 0.3 is 29.6 Å². The van der Waals surface area contributed by atoms with Crippen LogP contribution in [0.2, 0.25) is 10.0 Å². The molecule has 0 aliphatic rings. The van der Waals surface area contributed by atoms with E-state index in [1.807, 2.05) is 0 Å². The van der Waals surface area contributed by atoms with E-state index in [1.165, 1.54) is 19.1 Å². The monoisotopic (exact) mass is 595 g/mol. The average Bonchev–Trinajstić information content (AvgIpc) is 2.87. The van der Waals surface area contributed by atoms with Crippen LogP contribution >= 0.6 is 23.2 Å². The van der Waals surface area contributed by atoms with Gasteiger partial charge in [-0.25, -0.2) is 0 Å². The zero-order chi connectivity index (χ0) is 27.6. The van der Waals surface area contributed by atoms with Crippen LogP contribution in [0.4, 0.5) is 17.1 Å². The molecule has 0 unspecified atom stereocenters. The van der Waals surface area contributed by atoms with Gasteiger partial charge in [-0.1, -0.05) is 59.3 Å². The summed E-state index contributed by atoms with van der Waals surface area (Å²) in [6, 6.07) is 15.5. The molecule has 0 heterocycles. The van der Waals surface area contributed by atoms with Crippen molar-refractivity contribution in [1.29, 1.82) is 0 Å². The number of benzene rings is 4. The normalized spacial score (nSPS) is 11.4. The molecule has 39 heavy (non-hydrogen) atoms. The van der Waals surface area contributed by atoms with E-state index in [2.05, 4.69) is 15.5 Å². The maximum atomic E-state index is 13.4. The number of halogens is 2. The number of nitrogens with zero attached hydrogens (tertiary/aromatic N) is 2. The minimum absolute atomic E-state index is 0. The summed E-state index contributed by atoms with van der Waals surface area (Å²) in [7, 11) is -4.49. The van der Waals surface area contributed by atoms with E-state index in [4.69, 9.17) is 27.9 Å². The molecule has 4 aromatic rings. The fraction of sp³-hybridized carbons (Fsp3) is 0.115. The van der Waals surface area contributed by atoms with Crippen LogP contribution in [0.25, 0.3) is 10.8 Å². The molecule has 13 heteroatoms. The third-order valence-electron chi connectivity index (χ3n) is 5.58. The molecular weight excluding hydrogens is 576 g/mol. The SMILES string of the molecule is CCOc1cccc(NC(=O)c2cc3ccccc3c(N=Nc3ccc(S(=O)(=O)O)c(C)c3Cl)c2[O-])c1Cl.[Na+]. The number of azo groups is 1. The van der Waals surface area contributed by atoms with E-state index >= 15 is 0 Å². The molecule has 0 saturated carbocycles. The molecule has 0 aliphatic carbocycles. The minimum Gasteiger partial charge on any atom is -0.870 e. The number of carbonyl (C=O) groups excluding carboxylic acids is 1. The van der Waals surface area contributed by atoms with Gasteiger partial charge in [-0.2, -0.15) is 13.5 Å². The first kappa shape index (κ1) is 30.8. The van der Waals surface area contributed by atoms with Crippen molar-refractivity contribution < 1.29 is 57.2 Å². The summed E-state index contributed by atoms with van der Waals surface area (Å²) in [6.45, 7) is 3.58. The molecule has 0 aromatic heterocycles. The number of fused-ring (bicyclic) bond motifs is 1. The van der Waals surface area contributed by atoms with Crippen LogP contribution in [0.1, 0.15) is 22.8 Å². The molecule has 0 bridgehead atoms. The zero-order valence-corrected chi connectivity index (χ0v) is 25.4. The summed E-state index contributed by atoms with van der Waals surface area (Å²) >= 11 is 12.6. The summed E-state index contributed by atoms with van der Waals surface area (Å²) in [5.74, 6) is -1.02. The largest absolute Gasteiger partial charge is 1.00 e. The maximum absolute atomic E-state index is 13.4. The molecule has 196 valence electrons. The number of rotatable bonds is 7. The standard InChI is InChI=1S/C26H21Cl2N3O6S.Na/c1-3-37-20-10-6-9-18(23(20)28)29-26(33)17-13-15-7-4-5-8-16(15)24(25(17)32)31-30-19-11-12-21(38(34,35)36)14(2)22(19)27;/h4-13,32H,3H2,1-2H3,(H,29,33)(H,34,35,36);/q;+1/p-1. The fourth-order valence-electron chi connectivity index (χ4n) is 3.75. The van der Waals surface area contributed by atoms with Gasteiger partial charge in [-0.05, 0) is 55.1 Å². The molecule has 2 N–H and O–H groups in total. The smallest absolute Gasteiger partial charge is 0.870 e. The van der Waals surface area contributed by atoms with Crippen LogP contribution in [0.5, 0.6) is 11.5 Å². The molecule has 1 amide bonds. The van der Waals surface area contributed by atoms with Crippen molar-refractivity contribution in [1.82, 2.24) is 0 Å². The topological polar surface area (TPSA) is 140 Å². The van der Waals surface area contributed by atoms with Crippen molar-refractivity contribution in [3.8, 4) is 11.5 Å². The number of hydrogen-bond donors (Lipinski definition) is 2. The summed E-state index contributed by atoms with van der Waals surface area (Å²) in [5.41, 5.74) is 0.0839. The Morgan fingerprint density at radius 1 is 1.05 bits per heavy atom. The van der Waals surface area contributed by atoms with Crippen LogP contribution in [0.3, 0.4) is 0 Å². The van der Waals surface area contributed by atoms with E-state index in [-0.39, 0.29) is 72.7 Å². The molecule has 4 rings (SSSR count). The summed E-state index contributed by atoms with van der Waals surface area (Å²) in [5, 5.41) is 25.3. The predicted molar refractivity (Wildman–Crippen MR) is 144 cm³/mol. The van der Waals surface area contributed by atoms with E-state index in [9.17, 15) is 22.9 Å². The molecule has 0 fully saturated rings. The summed E-state index contributed by atoms with van der Waals surface area (Å²) < 4.78 is 37.9. The third-order valence-corrected chi connectivity index (χ3v) is 7.45. The predicted octanol–water partition coefficient (Wildman–Crippen LogP) is 3.85. The Labute approximate surface area is 256 Å². The van der Waals surface area contributed by atoms with Crippen molar-refractivity contribution in [2.24, 2.45) is 10.2 Å². The number of anilines is 1. The Balaban J connectivity index is 0.00000420. The molecule has 0 radical (unpaired) electrons. The van der Waals surface area contributed by atoms with Crippen molar-refractivity contribution in [2.45, 2.75) is 18.7 Å². The van der Waals surface area contributed by atoms with E-state index < -0.39 is 21.8 Å². The minimum atomic E-state index is -4.49. The van der Waals surface area contributed by atoms with Gasteiger partial charge in [-0.3, -0.25) is 9.35 Å². The van der Waals surface area contributed by atoms with Crippen LogP contribution < -0.4 is 44.7 Å². The van der Waals surface area contributed by atoms with Gasteiger partial charge in [0.05, 0.1) is 27.9 Å². The van der Waals surface area contributed by atoms with Crippen LogP contribution in [-0.2, 0) is 10.1 Å². The van der Waals surface area contributed by atoms with Gasteiger partial charge in [0, 0.05) is 10.9 Å². The maximum Gasteiger partial charge on any atom is 1.00 e. The van der Waals surface area contributed by atoms with Crippen molar-refractivity contribution in [2.75, 3.05) is 11.9 Å². The van der Waals surface area contributed by atoms with E-state index in [1.54, 1.807) is 49.4 Å². The van der Waals surface area contributed by atoms with Gasteiger partial charge < -0.3 is 15.2 Å². The van der Waals surface area contributed by atoms with Gasteiger partial charge in [-0.15, -0.1) is 5.11 Å². The van der Waals surface area contributed by atoms with Crippen LogP contribution in [0.15, 0.2) is 75.8 Å². The van der Waals surface area contributed by atoms with Gasteiger partial charge in [0.1, 0.15) is 16.5 Å². The van der Waals surface area contributed by atoms with E-state index in [0.717, 1.165) is 6.07 Å². The van der Waals surface area contributed by atoms with Crippen molar-refractivity contribution in [3.05, 3.63) is 81.8 Å². The first-order valence-corrected chi connectivity index (χ1v) is 13.4. The Bertz CT molecular complexity index is 1710. The second-order valence-electron chi connectivity index (χ2n) is 8.02. The zero-order valence-electron chi connectivity index (χ0n) is 21.0. The Hall–Kier alpha value is -2.70. The number of hydrogen-bond acceptors (Lipinski definition) is 7. The molecule has 0 atom stereocenters. The molecule has 9 nitrogen and oxygen atoms in total. The first-order valence-electron chi connectivity index (χ1n) is 11.2. The molecule has 0 spiro atoms. The van der Waals surface area contributed by atoms with Gasteiger partial charge in [0.15, 0.2) is 0 Å².